The van der Waals surface area contributed by atoms with Crippen molar-refractivity contribution in [3.05, 3.63) is 0 Å². The van der Waals surface area contributed by atoms with E-state index < -0.39 is 19.3 Å². The lowest BCUT2D eigenvalue weighted by Gasteiger charge is -2.35. The van der Waals surface area contributed by atoms with Crippen molar-refractivity contribution in [3.63, 3.8) is 0 Å². The summed E-state index contributed by atoms with van der Waals surface area (Å²) in [4.78, 5) is 23.7. The lowest BCUT2D eigenvalue weighted by molar-refractivity contribution is -0.141. The molecule has 0 aromatic heterocycles. The Hall–Kier alpha value is -0.340. The van der Waals surface area contributed by atoms with Crippen molar-refractivity contribution < 1.29 is 19.4 Å². The monoisotopic (exact) mass is 727 g/mol. The van der Waals surface area contributed by atoms with Gasteiger partial charge >= 0.3 is 5.97 Å². The Balaban J connectivity index is 6.94. The van der Waals surface area contributed by atoms with Crippen LogP contribution in [0.2, 0.25) is 0 Å². The van der Waals surface area contributed by atoms with E-state index in [0.29, 0.717) is 42.4 Å². The topological polar surface area (TPSA) is 74.6 Å². The maximum absolute atomic E-state index is 13.2. The molecule has 0 aliphatic carbocycles. The summed E-state index contributed by atoms with van der Waals surface area (Å²) in [5.41, 5.74) is 0. The van der Waals surface area contributed by atoms with Gasteiger partial charge in [-0.05, 0) is 117 Å². The molecular formula is C45H91O4P. The van der Waals surface area contributed by atoms with Crippen LogP contribution in [0.4, 0.5) is 0 Å². The van der Waals surface area contributed by atoms with Crippen LogP contribution in [0, 0.1) is 59.2 Å². The maximum Gasteiger partial charge on any atom is 0.307 e. The minimum Gasteiger partial charge on any atom is -0.481 e. The molecule has 6 atom stereocenters. The van der Waals surface area contributed by atoms with E-state index in [9.17, 15) is 19.4 Å². The van der Waals surface area contributed by atoms with E-state index in [1.54, 1.807) is 0 Å². The van der Waals surface area contributed by atoms with Gasteiger partial charge in [0.15, 0.2) is 0 Å². The highest BCUT2D eigenvalue weighted by Crippen LogP contribution is 2.46. The quantitative estimate of drug-likeness (QED) is 0.0648. The summed E-state index contributed by atoms with van der Waals surface area (Å²) in [6.07, 6.45) is 24.7. The first kappa shape index (κ1) is 49.7. The van der Waals surface area contributed by atoms with Crippen LogP contribution in [-0.2, 0) is 9.36 Å². The molecule has 0 spiro atoms. The summed E-state index contributed by atoms with van der Waals surface area (Å²) in [5.74, 6) is 4.25. The van der Waals surface area contributed by atoms with Gasteiger partial charge in [0.2, 0.25) is 7.37 Å². The Morgan fingerprint density at radius 2 is 0.720 bits per heavy atom. The van der Waals surface area contributed by atoms with Crippen LogP contribution < -0.4 is 0 Å². The summed E-state index contributed by atoms with van der Waals surface area (Å²) in [7, 11) is -3.48. The van der Waals surface area contributed by atoms with E-state index in [1.807, 2.05) is 6.92 Å². The molecule has 0 rings (SSSR count). The first-order valence-corrected chi connectivity index (χ1v) is 24.4. The molecule has 300 valence electrons. The molecule has 50 heavy (non-hydrogen) atoms. The van der Waals surface area contributed by atoms with E-state index in [1.165, 1.54) is 109 Å². The van der Waals surface area contributed by atoms with Gasteiger partial charge in [-0.3, -0.25) is 9.36 Å². The van der Waals surface area contributed by atoms with E-state index in [-0.39, 0.29) is 18.2 Å². The van der Waals surface area contributed by atoms with Crippen LogP contribution in [0.5, 0.6) is 0 Å². The molecule has 0 heterocycles. The summed E-state index contributed by atoms with van der Waals surface area (Å²) in [5, 5.41) is 10.5. The Bertz CT molecular complexity index is 830. The summed E-state index contributed by atoms with van der Waals surface area (Å²) >= 11 is 0. The number of carboxylic acids is 1. The number of carboxylic acid groups (broad SMARTS) is 1. The van der Waals surface area contributed by atoms with E-state index in [0.717, 1.165) is 30.6 Å². The highest BCUT2D eigenvalue weighted by molar-refractivity contribution is 7.58. The van der Waals surface area contributed by atoms with Gasteiger partial charge in [0.25, 0.3) is 0 Å². The first-order valence-electron chi connectivity index (χ1n) is 22.3. The van der Waals surface area contributed by atoms with Crippen molar-refractivity contribution >= 4 is 13.3 Å². The number of rotatable bonds is 34. The largest absolute Gasteiger partial charge is 0.481 e. The lowest BCUT2D eigenvalue weighted by atomic mass is 9.71. The fourth-order valence-electron chi connectivity index (χ4n) is 9.75. The van der Waals surface area contributed by atoms with E-state index >= 15 is 0 Å². The molecule has 0 saturated carbocycles. The molecule has 0 aliphatic rings. The van der Waals surface area contributed by atoms with Gasteiger partial charge < -0.3 is 10.00 Å². The first-order chi connectivity index (χ1) is 23.8. The second kappa shape index (κ2) is 29.1. The van der Waals surface area contributed by atoms with Crippen molar-refractivity contribution in [2.45, 2.75) is 211 Å². The zero-order valence-corrected chi connectivity index (χ0v) is 36.6. The zero-order valence-electron chi connectivity index (χ0n) is 35.7. The standard InChI is InChI=1S/C45H91O4P/c1-12-23-39(22-11)29-41(27-37(18-7)19-8)30-42(28-38(20-9)21-10)32-43(33-44(45(46)47)34-50(48,49)24-13-2)31-40(25-35(14-3)15-4)26-36(16-5)17-6/h35-44H,12-34H2,1-11H3,(H,46,47)(H,48,49). The Labute approximate surface area is 314 Å². The minimum absolute atomic E-state index is 0.0693. The van der Waals surface area contributed by atoms with Crippen LogP contribution in [-0.4, -0.2) is 28.3 Å². The van der Waals surface area contributed by atoms with Crippen molar-refractivity contribution in [2.24, 2.45) is 59.2 Å². The van der Waals surface area contributed by atoms with Crippen LogP contribution in [0.15, 0.2) is 0 Å². The third kappa shape index (κ3) is 21.4. The Morgan fingerprint density at radius 3 is 0.980 bits per heavy atom. The highest BCUT2D eigenvalue weighted by atomic mass is 31.2. The number of hydrogen-bond donors (Lipinski definition) is 2. The van der Waals surface area contributed by atoms with Crippen LogP contribution >= 0.6 is 7.37 Å². The van der Waals surface area contributed by atoms with Crippen LogP contribution in [0.25, 0.3) is 0 Å². The maximum atomic E-state index is 13.2. The average Bonchev–Trinajstić information content (AvgIpc) is 3.09. The van der Waals surface area contributed by atoms with Gasteiger partial charge in [0.05, 0.1) is 5.92 Å². The number of aliphatic carboxylic acids is 1. The molecule has 0 aromatic rings. The van der Waals surface area contributed by atoms with Gasteiger partial charge in [-0.25, -0.2) is 0 Å². The average molecular weight is 727 g/mol. The van der Waals surface area contributed by atoms with Gasteiger partial charge in [0.1, 0.15) is 0 Å². The third-order valence-corrected chi connectivity index (χ3v) is 15.4. The van der Waals surface area contributed by atoms with Crippen LogP contribution in [0.1, 0.15) is 211 Å². The summed E-state index contributed by atoms with van der Waals surface area (Å²) < 4.78 is 13.2. The van der Waals surface area contributed by atoms with Crippen molar-refractivity contribution in [1.82, 2.24) is 0 Å². The predicted octanol–water partition coefficient (Wildman–Crippen LogP) is 14.9. The summed E-state index contributed by atoms with van der Waals surface area (Å²) in [6.45, 7) is 25.4. The molecule has 6 unspecified atom stereocenters. The van der Waals surface area contributed by atoms with Gasteiger partial charge in [0, 0.05) is 12.3 Å². The fraction of sp³-hybridized carbons (Fsp3) is 0.978. The van der Waals surface area contributed by atoms with Crippen molar-refractivity contribution in [2.75, 3.05) is 12.3 Å². The lowest BCUT2D eigenvalue weighted by Crippen LogP contribution is -2.27. The van der Waals surface area contributed by atoms with E-state index in [2.05, 4.69) is 69.2 Å². The summed E-state index contributed by atoms with van der Waals surface area (Å²) in [6, 6.07) is 0. The van der Waals surface area contributed by atoms with Gasteiger partial charge in [-0.15, -0.1) is 0 Å². The van der Waals surface area contributed by atoms with Crippen LogP contribution in [0.3, 0.4) is 0 Å². The molecule has 0 aromatic carbocycles. The Kier molecular flexibility index (Phi) is 28.9. The second-order valence-corrected chi connectivity index (χ2v) is 19.7. The molecule has 0 radical (unpaired) electrons. The Morgan fingerprint density at radius 1 is 0.440 bits per heavy atom. The molecule has 0 aliphatic heterocycles. The third-order valence-electron chi connectivity index (χ3n) is 13.3. The van der Waals surface area contributed by atoms with Crippen molar-refractivity contribution in [3.8, 4) is 0 Å². The number of carbonyl (C=O) groups is 1. The number of hydrogen-bond acceptors (Lipinski definition) is 2. The molecule has 0 bridgehead atoms. The zero-order chi connectivity index (χ0) is 38.1. The minimum atomic E-state index is -3.48. The smallest absolute Gasteiger partial charge is 0.307 e. The molecule has 0 saturated heterocycles. The molecule has 4 nitrogen and oxygen atoms in total. The van der Waals surface area contributed by atoms with Gasteiger partial charge in [-0.2, -0.15) is 0 Å². The normalized spacial score (nSPS) is 16.7. The molecule has 2 N–H and O–H groups in total. The molecule has 0 amide bonds. The molecular weight excluding hydrogens is 635 g/mol. The second-order valence-electron chi connectivity index (χ2n) is 17.2. The SMILES string of the molecule is CCCC(CC)CC(CC(CC)CC)CC(CC(CC)CC)CC(CC(CC(CC)CC)CC(CC)CC)CC(CP(=O)(O)CCC)C(=O)O. The molecule has 5 heteroatoms. The fourth-order valence-corrected chi connectivity index (χ4v) is 11.6. The predicted molar refractivity (Wildman–Crippen MR) is 221 cm³/mol. The highest BCUT2D eigenvalue weighted by Gasteiger charge is 2.34. The van der Waals surface area contributed by atoms with E-state index in [4.69, 9.17) is 0 Å². The van der Waals surface area contributed by atoms with Gasteiger partial charge in [-0.1, -0.05) is 147 Å². The van der Waals surface area contributed by atoms with Crippen molar-refractivity contribution in [1.29, 1.82) is 0 Å². The molecule has 0 fully saturated rings.